The van der Waals surface area contributed by atoms with Crippen LogP contribution < -0.4 is 11.1 Å². The SMILES string of the molecule is Nc1ccc(CN2CCN(CCC(=O)Nc3nc(-c4ccccc4)cs3)CC2)cc1. The van der Waals surface area contributed by atoms with Crippen molar-refractivity contribution in [2.24, 2.45) is 0 Å². The molecule has 1 amide bonds. The number of nitrogens with two attached hydrogens (primary N) is 1. The molecular weight excluding hydrogens is 394 g/mol. The van der Waals surface area contributed by atoms with Crippen molar-refractivity contribution < 1.29 is 4.79 Å². The number of aromatic nitrogens is 1. The summed E-state index contributed by atoms with van der Waals surface area (Å²) in [5.41, 5.74) is 9.80. The van der Waals surface area contributed by atoms with Gasteiger partial charge in [-0.15, -0.1) is 11.3 Å². The van der Waals surface area contributed by atoms with E-state index in [-0.39, 0.29) is 5.91 Å². The number of hydrogen-bond donors (Lipinski definition) is 2. The van der Waals surface area contributed by atoms with E-state index in [4.69, 9.17) is 5.73 Å². The lowest BCUT2D eigenvalue weighted by atomic mass is 10.2. The summed E-state index contributed by atoms with van der Waals surface area (Å²) < 4.78 is 0. The third-order valence-electron chi connectivity index (χ3n) is 5.33. The second-order valence-corrected chi connectivity index (χ2v) is 8.42. The van der Waals surface area contributed by atoms with Gasteiger partial charge in [0.15, 0.2) is 5.13 Å². The first-order chi connectivity index (χ1) is 14.7. The molecule has 0 aliphatic carbocycles. The molecule has 0 atom stereocenters. The lowest BCUT2D eigenvalue weighted by molar-refractivity contribution is -0.116. The molecule has 1 aliphatic rings. The van der Waals surface area contributed by atoms with Crippen molar-refractivity contribution in [3.8, 4) is 11.3 Å². The minimum Gasteiger partial charge on any atom is -0.399 e. The third-order valence-corrected chi connectivity index (χ3v) is 6.08. The molecule has 1 fully saturated rings. The van der Waals surface area contributed by atoms with Crippen molar-refractivity contribution in [3.05, 3.63) is 65.5 Å². The van der Waals surface area contributed by atoms with E-state index in [9.17, 15) is 4.79 Å². The van der Waals surface area contributed by atoms with Gasteiger partial charge in [-0.05, 0) is 17.7 Å². The van der Waals surface area contributed by atoms with Gasteiger partial charge in [-0.25, -0.2) is 4.98 Å². The highest BCUT2D eigenvalue weighted by atomic mass is 32.1. The molecule has 3 N–H and O–H groups in total. The van der Waals surface area contributed by atoms with Crippen LogP contribution in [0.25, 0.3) is 11.3 Å². The second-order valence-electron chi connectivity index (χ2n) is 7.56. The van der Waals surface area contributed by atoms with Crippen molar-refractivity contribution >= 4 is 28.1 Å². The zero-order valence-corrected chi connectivity index (χ0v) is 17.8. The number of piperazine rings is 1. The molecule has 2 heterocycles. The monoisotopic (exact) mass is 421 g/mol. The minimum absolute atomic E-state index is 0.0215. The van der Waals surface area contributed by atoms with Crippen LogP contribution in [0.5, 0.6) is 0 Å². The number of rotatable bonds is 7. The van der Waals surface area contributed by atoms with Gasteiger partial charge in [-0.1, -0.05) is 42.5 Å². The van der Waals surface area contributed by atoms with E-state index in [2.05, 4.69) is 32.2 Å². The molecule has 7 heteroatoms. The number of anilines is 2. The molecule has 2 aromatic carbocycles. The van der Waals surface area contributed by atoms with Crippen LogP contribution in [0.1, 0.15) is 12.0 Å². The molecule has 3 aromatic rings. The van der Waals surface area contributed by atoms with Crippen molar-refractivity contribution in [1.82, 2.24) is 14.8 Å². The summed E-state index contributed by atoms with van der Waals surface area (Å²) in [5, 5.41) is 5.58. The van der Waals surface area contributed by atoms with Crippen LogP contribution in [-0.2, 0) is 11.3 Å². The Morgan fingerprint density at radius 3 is 2.43 bits per heavy atom. The van der Waals surface area contributed by atoms with E-state index in [1.165, 1.54) is 16.9 Å². The molecule has 0 unspecified atom stereocenters. The molecule has 0 spiro atoms. The number of benzene rings is 2. The van der Waals surface area contributed by atoms with Gasteiger partial charge < -0.3 is 16.0 Å². The Morgan fingerprint density at radius 1 is 1.00 bits per heavy atom. The molecule has 1 saturated heterocycles. The molecule has 0 bridgehead atoms. The number of nitrogens with zero attached hydrogens (tertiary/aromatic N) is 3. The topological polar surface area (TPSA) is 74.5 Å². The quantitative estimate of drug-likeness (QED) is 0.571. The van der Waals surface area contributed by atoms with Crippen LogP contribution in [-0.4, -0.2) is 53.4 Å². The van der Waals surface area contributed by atoms with Crippen LogP contribution in [0.3, 0.4) is 0 Å². The van der Waals surface area contributed by atoms with Gasteiger partial charge in [-0.2, -0.15) is 0 Å². The summed E-state index contributed by atoms with van der Waals surface area (Å²) in [6, 6.07) is 18.1. The van der Waals surface area contributed by atoms with E-state index in [1.54, 1.807) is 0 Å². The minimum atomic E-state index is 0.0215. The van der Waals surface area contributed by atoms with Gasteiger partial charge >= 0.3 is 0 Å². The van der Waals surface area contributed by atoms with E-state index < -0.39 is 0 Å². The largest absolute Gasteiger partial charge is 0.399 e. The van der Waals surface area contributed by atoms with Crippen LogP contribution in [0.15, 0.2) is 60.0 Å². The van der Waals surface area contributed by atoms with Gasteiger partial charge in [0.1, 0.15) is 0 Å². The molecule has 30 heavy (non-hydrogen) atoms. The number of carbonyl (C=O) groups is 1. The lowest BCUT2D eigenvalue weighted by Gasteiger charge is -2.34. The lowest BCUT2D eigenvalue weighted by Crippen LogP contribution is -2.46. The summed E-state index contributed by atoms with van der Waals surface area (Å²) in [5.74, 6) is 0.0215. The first-order valence-corrected chi connectivity index (χ1v) is 11.1. The Hall–Kier alpha value is -2.74. The normalized spacial score (nSPS) is 15.2. The molecule has 4 rings (SSSR count). The van der Waals surface area contributed by atoms with Crippen LogP contribution in [0.2, 0.25) is 0 Å². The second kappa shape index (κ2) is 9.84. The predicted molar refractivity (Wildman–Crippen MR) is 123 cm³/mol. The number of amides is 1. The highest BCUT2D eigenvalue weighted by molar-refractivity contribution is 7.14. The highest BCUT2D eigenvalue weighted by Crippen LogP contribution is 2.24. The van der Waals surface area contributed by atoms with E-state index in [1.807, 2.05) is 47.8 Å². The van der Waals surface area contributed by atoms with Crippen molar-refractivity contribution in [2.45, 2.75) is 13.0 Å². The fraction of sp³-hybridized carbons (Fsp3) is 0.304. The average Bonchev–Trinajstić information content (AvgIpc) is 3.24. The maximum Gasteiger partial charge on any atom is 0.227 e. The smallest absolute Gasteiger partial charge is 0.227 e. The Bertz CT molecular complexity index is 949. The summed E-state index contributed by atoms with van der Waals surface area (Å²) in [4.78, 5) is 21.7. The predicted octanol–water partition coefficient (Wildman–Crippen LogP) is 3.54. The molecule has 0 saturated carbocycles. The Balaban J connectivity index is 1.18. The standard InChI is InChI=1S/C23H27N5OS/c24-20-8-6-18(7-9-20)16-28-14-12-27(13-15-28)11-10-22(29)26-23-25-21(17-30-23)19-4-2-1-3-5-19/h1-9,17H,10-16,24H2,(H,25,26,29). The van der Waals surface area contributed by atoms with Crippen molar-refractivity contribution in [3.63, 3.8) is 0 Å². The first kappa shape index (κ1) is 20.5. The molecule has 156 valence electrons. The average molecular weight is 422 g/mol. The van der Waals surface area contributed by atoms with Crippen LogP contribution >= 0.6 is 11.3 Å². The zero-order chi connectivity index (χ0) is 20.8. The van der Waals surface area contributed by atoms with E-state index >= 15 is 0 Å². The summed E-state index contributed by atoms with van der Waals surface area (Å²) in [6.07, 6.45) is 0.484. The van der Waals surface area contributed by atoms with Crippen LogP contribution in [0.4, 0.5) is 10.8 Å². The Morgan fingerprint density at radius 2 is 1.70 bits per heavy atom. The molecule has 1 aromatic heterocycles. The van der Waals surface area contributed by atoms with Gasteiger partial charge in [0.25, 0.3) is 0 Å². The number of hydrogen-bond acceptors (Lipinski definition) is 6. The highest BCUT2D eigenvalue weighted by Gasteiger charge is 2.18. The number of thiazole rings is 1. The number of nitrogens with one attached hydrogen (secondary N) is 1. The number of nitrogen functional groups attached to an aromatic ring is 1. The summed E-state index contributed by atoms with van der Waals surface area (Å²) in [6.45, 7) is 5.72. The first-order valence-electron chi connectivity index (χ1n) is 10.3. The van der Waals surface area contributed by atoms with Gasteiger partial charge in [-0.3, -0.25) is 9.69 Å². The van der Waals surface area contributed by atoms with Gasteiger partial charge in [0.2, 0.25) is 5.91 Å². The Labute approximate surface area is 181 Å². The van der Waals surface area contributed by atoms with E-state index in [0.29, 0.717) is 11.6 Å². The summed E-state index contributed by atoms with van der Waals surface area (Å²) in [7, 11) is 0. The maximum absolute atomic E-state index is 12.3. The van der Waals surface area contributed by atoms with Crippen molar-refractivity contribution in [1.29, 1.82) is 0 Å². The molecule has 6 nitrogen and oxygen atoms in total. The van der Waals surface area contributed by atoms with E-state index in [0.717, 1.165) is 56.2 Å². The molecule has 0 radical (unpaired) electrons. The summed E-state index contributed by atoms with van der Waals surface area (Å²) >= 11 is 1.47. The Kier molecular flexibility index (Phi) is 6.74. The van der Waals surface area contributed by atoms with Crippen molar-refractivity contribution in [2.75, 3.05) is 43.8 Å². The molecular formula is C23H27N5OS. The molecule has 1 aliphatic heterocycles. The number of carbonyl (C=O) groups excluding carboxylic acids is 1. The van der Waals surface area contributed by atoms with Gasteiger partial charge in [0, 0.05) is 62.3 Å². The fourth-order valence-corrected chi connectivity index (χ4v) is 4.30. The van der Waals surface area contributed by atoms with Crippen LogP contribution in [0, 0.1) is 0 Å². The van der Waals surface area contributed by atoms with Gasteiger partial charge in [0.05, 0.1) is 5.69 Å². The third kappa shape index (κ3) is 5.66. The zero-order valence-electron chi connectivity index (χ0n) is 17.0. The maximum atomic E-state index is 12.3. The fourth-order valence-electron chi connectivity index (χ4n) is 3.57.